The summed E-state index contributed by atoms with van der Waals surface area (Å²) in [6, 6.07) is 6.23. The van der Waals surface area contributed by atoms with Crippen LogP contribution < -0.4 is 4.74 Å². The first-order chi connectivity index (χ1) is 6.77. The molecule has 1 aromatic rings. The maximum Gasteiger partial charge on any atom is 0.126 e. The van der Waals surface area contributed by atoms with Gasteiger partial charge in [-0.25, -0.2) is 4.39 Å². The Hall–Kier alpha value is -1.82. The zero-order valence-electron chi connectivity index (χ0n) is 7.83. The number of allylic oxidation sites excluding steroid dienone is 1. The molecule has 72 valence electrons. The molecule has 1 aromatic carbocycles. The average molecular weight is 191 g/mol. The van der Waals surface area contributed by atoms with E-state index in [2.05, 4.69) is 0 Å². The lowest BCUT2D eigenvalue weighted by Gasteiger charge is -2.03. The highest BCUT2D eigenvalue weighted by Gasteiger charge is 2.00. The number of rotatable bonds is 3. The molecule has 0 aliphatic heterocycles. The second-order valence-electron chi connectivity index (χ2n) is 2.65. The van der Waals surface area contributed by atoms with Crippen LogP contribution >= 0.6 is 0 Å². The highest BCUT2D eigenvalue weighted by Crippen LogP contribution is 2.20. The number of ether oxygens (including phenoxy) is 1. The van der Waals surface area contributed by atoms with Crippen LogP contribution in [0.15, 0.2) is 24.3 Å². The van der Waals surface area contributed by atoms with Crippen LogP contribution in [0.2, 0.25) is 0 Å². The smallest absolute Gasteiger partial charge is 0.126 e. The van der Waals surface area contributed by atoms with Gasteiger partial charge in [-0.05, 0) is 18.2 Å². The summed E-state index contributed by atoms with van der Waals surface area (Å²) >= 11 is 0. The van der Waals surface area contributed by atoms with E-state index in [1.165, 1.54) is 19.2 Å². The molecule has 0 aliphatic rings. The maximum atomic E-state index is 12.8. The molecule has 0 heterocycles. The summed E-state index contributed by atoms with van der Waals surface area (Å²) in [6.07, 6.45) is 3.64. The SMILES string of the molecule is COc1ccc(F)cc1/C=C/CC#N. The van der Waals surface area contributed by atoms with Gasteiger partial charge in [0.15, 0.2) is 0 Å². The van der Waals surface area contributed by atoms with Crippen LogP contribution in [-0.2, 0) is 0 Å². The van der Waals surface area contributed by atoms with E-state index in [9.17, 15) is 4.39 Å². The Morgan fingerprint density at radius 1 is 1.57 bits per heavy atom. The van der Waals surface area contributed by atoms with Crippen LogP contribution in [0.3, 0.4) is 0 Å². The van der Waals surface area contributed by atoms with Crippen molar-refractivity contribution >= 4 is 6.08 Å². The Kier molecular flexibility index (Phi) is 3.69. The van der Waals surface area contributed by atoms with Gasteiger partial charge in [0.05, 0.1) is 19.6 Å². The summed E-state index contributed by atoms with van der Waals surface area (Å²) in [5.41, 5.74) is 0.641. The normalized spacial score (nSPS) is 10.1. The van der Waals surface area contributed by atoms with E-state index < -0.39 is 0 Å². The van der Waals surface area contributed by atoms with Crippen LogP contribution in [0.5, 0.6) is 5.75 Å². The van der Waals surface area contributed by atoms with E-state index in [4.69, 9.17) is 10.00 Å². The molecule has 0 atom stereocenters. The third kappa shape index (κ3) is 2.60. The van der Waals surface area contributed by atoms with Gasteiger partial charge in [0.1, 0.15) is 11.6 Å². The molecular formula is C11H10FNO. The van der Waals surface area contributed by atoms with Crippen molar-refractivity contribution in [1.82, 2.24) is 0 Å². The van der Waals surface area contributed by atoms with Gasteiger partial charge in [-0.3, -0.25) is 0 Å². The Morgan fingerprint density at radius 3 is 3.00 bits per heavy atom. The molecule has 1 rings (SSSR count). The monoisotopic (exact) mass is 191 g/mol. The molecule has 0 saturated carbocycles. The molecule has 14 heavy (non-hydrogen) atoms. The molecule has 0 aromatic heterocycles. The number of nitriles is 1. The number of benzene rings is 1. The van der Waals surface area contributed by atoms with E-state index in [-0.39, 0.29) is 5.82 Å². The summed E-state index contributed by atoms with van der Waals surface area (Å²) in [6.45, 7) is 0. The van der Waals surface area contributed by atoms with E-state index in [1.54, 1.807) is 18.2 Å². The van der Waals surface area contributed by atoms with Crippen molar-refractivity contribution in [1.29, 1.82) is 5.26 Å². The first kappa shape index (κ1) is 10.3. The summed E-state index contributed by atoms with van der Waals surface area (Å²) in [4.78, 5) is 0. The van der Waals surface area contributed by atoms with Crippen molar-refractivity contribution in [2.45, 2.75) is 6.42 Å². The van der Waals surface area contributed by atoms with Gasteiger partial charge < -0.3 is 4.74 Å². The Morgan fingerprint density at radius 2 is 2.36 bits per heavy atom. The van der Waals surface area contributed by atoms with Crippen molar-refractivity contribution in [3.63, 3.8) is 0 Å². The van der Waals surface area contributed by atoms with Gasteiger partial charge >= 0.3 is 0 Å². The van der Waals surface area contributed by atoms with Gasteiger partial charge in [-0.15, -0.1) is 0 Å². The standard InChI is InChI=1S/C11H10FNO/c1-14-11-6-5-10(12)8-9(11)4-2-3-7-13/h2,4-6,8H,3H2,1H3/b4-2+. The predicted molar refractivity (Wildman–Crippen MR) is 52.2 cm³/mol. The van der Waals surface area contributed by atoms with Crippen LogP contribution in [-0.4, -0.2) is 7.11 Å². The molecular weight excluding hydrogens is 181 g/mol. The molecule has 0 amide bonds. The zero-order valence-corrected chi connectivity index (χ0v) is 7.83. The first-order valence-corrected chi connectivity index (χ1v) is 4.15. The highest BCUT2D eigenvalue weighted by atomic mass is 19.1. The summed E-state index contributed by atoms with van der Waals surface area (Å²) < 4.78 is 17.9. The zero-order chi connectivity index (χ0) is 10.4. The van der Waals surface area contributed by atoms with Crippen LogP contribution in [0, 0.1) is 17.1 Å². The van der Waals surface area contributed by atoms with Gasteiger partial charge in [-0.1, -0.05) is 12.2 Å². The molecule has 0 radical (unpaired) electrons. The minimum absolute atomic E-state index is 0.305. The van der Waals surface area contributed by atoms with Crippen molar-refractivity contribution in [2.75, 3.05) is 7.11 Å². The topological polar surface area (TPSA) is 33.0 Å². The third-order valence-electron chi connectivity index (χ3n) is 1.70. The molecule has 0 unspecified atom stereocenters. The average Bonchev–Trinajstić information content (AvgIpc) is 2.19. The largest absolute Gasteiger partial charge is 0.496 e. The Labute approximate surface area is 82.2 Å². The fourth-order valence-corrected chi connectivity index (χ4v) is 1.07. The molecule has 0 fully saturated rings. The maximum absolute atomic E-state index is 12.8. The van der Waals surface area contributed by atoms with Crippen LogP contribution in [0.25, 0.3) is 6.08 Å². The second-order valence-corrected chi connectivity index (χ2v) is 2.65. The van der Waals surface area contributed by atoms with Crippen LogP contribution in [0.4, 0.5) is 4.39 Å². The molecule has 0 saturated heterocycles. The van der Waals surface area contributed by atoms with E-state index in [0.29, 0.717) is 17.7 Å². The Bertz CT molecular complexity index is 379. The van der Waals surface area contributed by atoms with Gasteiger partial charge in [0.25, 0.3) is 0 Å². The highest BCUT2D eigenvalue weighted by molar-refractivity contribution is 5.57. The predicted octanol–water partition coefficient (Wildman–Crippen LogP) is 2.76. The number of hydrogen-bond acceptors (Lipinski definition) is 2. The lowest BCUT2D eigenvalue weighted by molar-refractivity contribution is 0.412. The fourth-order valence-electron chi connectivity index (χ4n) is 1.07. The van der Waals surface area contributed by atoms with Gasteiger partial charge in [-0.2, -0.15) is 5.26 Å². The number of halogens is 1. The second kappa shape index (κ2) is 5.03. The molecule has 0 aliphatic carbocycles. The third-order valence-corrected chi connectivity index (χ3v) is 1.70. The summed E-state index contributed by atoms with van der Waals surface area (Å²) in [5, 5.41) is 8.32. The van der Waals surface area contributed by atoms with E-state index >= 15 is 0 Å². The molecule has 3 heteroatoms. The Balaban J connectivity index is 2.94. The fraction of sp³-hybridized carbons (Fsp3) is 0.182. The lowest BCUT2D eigenvalue weighted by atomic mass is 10.1. The van der Waals surface area contributed by atoms with Gasteiger partial charge in [0.2, 0.25) is 0 Å². The molecule has 0 bridgehead atoms. The van der Waals surface area contributed by atoms with Crippen molar-refractivity contribution in [2.24, 2.45) is 0 Å². The molecule has 2 nitrogen and oxygen atoms in total. The van der Waals surface area contributed by atoms with Crippen LogP contribution in [0.1, 0.15) is 12.0 Å². The summed E-state index contributed by atoms with van der Waals surface area (Å²) in [7, 11) is 1.52. The van der Waals surface area contributed by atoms with E-state index in [0.717, 1.165) is 0 Å². The van der Waals surface area contributed by atoms with Crippen molar-refractivity contribution in [3.8, 4) is 11.8 Å². The molecule has 0 N–H and O–H groups in total. The lowest BCUT2D eigenvalue weighted by Crippen LogP contribution is -1.87. The first-order valence-electron chi connectivity index (χ1n) is 4.15. The molecule has 0 spiro atoms. The van der Waals surface area contributed by atoms with Gasteiger partial charge in [0, 0.05) is 5.56 Å². The quantitative estimate of drug-likeness (QED) is 0.735. The van der Waals surface area contributed by atoms with E-state index in [1.807, 2.05) is 6.07 Å². The number of hydrogen-bond donors (Lipinski definition) is 0. The van der Waals surface area contributed by atoms with Crippen molar-refractivity contribution < 1.29 is 9.13 Å². The minimum Gasteiger partial charge on any atom is -0.496 e. The minimum atomic E-state index is -0.317. The number of nitrogens with zero attached hydrogens (tertiary/aromatic N) is 1. The summed E-state index contributed by atoms with van der Waals surface area (Å²) in [5.74, 6) is 0.281. The van der Waals surface area contributed by atoms with Crippen molar-refractivity contribution in [3.05, 3.63) is 35.7 Å². The number of methoxy groups -OCH3 is 1.